The first-order valence-corrected chi connectivity index (χ1v) is 12.5. The number of nitrogens with zero attached hydrogens (tertiary/aromatic N) is 2. The molecule has 166 valence electrons. The van der Waals surface area contributed by atoms with E-state index in [4.69, 9.17) is 27.9 Å². The van der Waals surface area contributed by atoms with Gasteiger partial charge in [0.05, 0.1) is 5.02 Å². The molecule has 2 aromatic carbocycles. The minimum atomic E-state index is 0.436. The van der Waals surface area contributed by atoms with E-state index in [1.807, 2.05) is 23.5 Å². The maximum Gasteiger partial charge on any atom is 0.138 e. The van der Waals surface area contributed by atoms with Crippen LogP contribution in [0, 0.1) is 0 Å². The first-order valence-electron chi connectivity index (χ1n) is 10.9. The summed E-state index contributed by atoms with van der Waals surface area (Å²) < 4.78 is 7.45. The first kappa shape index (κ1) is 22.9. The molecular weight excluding hydrogens is 447 g/mol. The summed E-state index contributed by atoms with van der Waals surface area (Å²) in [4.78, 5) is 6.27. The lowest BCUT2D eigenvalue weighted by Crippen LogP contribution is -2.43. The van der Waals surface area contributed by atoms with E-state index >= 15 is 0 Å². The van der Waals surface area contributed by atoms with Crippen molar-refractivity contribution in [2.24, 2.45) is 0 Å². The van der Waals surface area contributed by atoms with Crippen molar-refractivity contribution in [1.29, 1.82) is 0 Å². The van der Waals surface area contributed by atoms with Crippen LogP contribution in [0.4, 0.5) is 0 Å². The fraction of sp³-hybridized carbons (Fsp3) is 0.440. The van der Waals surface area contributed by atoms with Gasteiger partial charge < -0.3 is 14.5 Å². The Morgan fingerprint density at radius 2 is 1.87 bits per heavy atom. The molecule has 1 aliphatic rings. The predicted octanol–water partition coefficient (Wildman–Crippen LogP) is 6.92. The normalized spacial score (nSPS) is 16.8. The van der Waals surface area contributed by atoms with E-state index < -0.39 is 0 Å². The van der Waals surface area contributed by atoms with E-state index in [0.717, 1.165) is 6.54 Å². The summed E-state index contributed by atoms with van der Waals surface area (Å²) in [6, 6.07) is 14.8. The lowest BCUT2D eigenvalue weighted by atomic mass is 9.95. The number of rotatable bonds is 7. The van der Waals surface area contributed by atoms with E-state index in [0.29, 0.717) is 34.4 Å². The number of thiophene rings is 1. The third kappa shape index (κ3) is 5.37. The number of halogens is 2. The first-order chi connectivity index (χ1) is 14.9. The summed E-state index contributed by atoms with van der Waals surface area (Å²) in [6.07, 6.45) is 2.49. The SMILES string of the molecule is CC(CN1CCC(N(C)C)CC1)c1c(COc2ccc(Cl)cc2Cl)sc2ccccc12. The van der Waals surface area contributed by atoms with Crippen molar-refractivity contribution in [3.8, 4) is 5.75 Å². The third-order valence-corrected chi connectivity index (χ3v) is 7.97. The fourth-order valence-corrected chi connectivity index (χ4v) is 6.30. The summed E-state index contributed by atoms with van der Waals surface area (Å²) in [7, 11) is 4.39. The number of hydrogen-bond donors (Lipinski definition) is 0. The highest BCUT2D eigenvalue weighted by Gasteiger charge is 2.24. The molecule has 0 amide bonds. The van der Waals surface area contributed by atoms with Crippen LogP contribution in [0.3, 0.4) is 0 Å². The molecule has 2 heterocycles. The molecule has 3 aromatic rings. The Labute approximate surface area is 199 Å². The van der Waals surface area contributed by atoms with Crippen LogP contribution in [-0.4, -0.2) is 49.6 Å². The van der Waals surface area contributed by atoms with Gasteiger partial charge in [-0.15, -0.1) is 11.3 Å². The average molecular weight is 478 g/mol. The molecule has 0 aliphatic carbocycles. The number of piperidine rings is 1. The van der Waals surface area contributed by atoms with Crippen LogP contribution in [0.2, 0.25) is 10.0 Å². The number of fused-ring (bicyclic) bond motifs is 1. The standard InChI is InChI=1S/C25H30Cl2N2OS/c1-17(15-29-12-10-19(11-13-29)28(2)3)25-20-6-4-5-7-23(20)31-24(25)16-30-22-9-8-18(26)14-21(22)27/h4-9,14,17,19H,10-13,15-16H2,1-3H3. The quantitative estimate of drug-likeness (QED) is 0.368. The van der Waals surface area contributed by atoms with Gasteiger partial charge in [-0.3, -0.25) is 0 Å². The molecule has 3 nitrogen and oxygen atoms in total. The van der Waals surface area contributed by atoms with Gasteiger partial charge in [-0.05, 0) is 81.2 Å². The summed E-state index contributed by atoms with van der Waals surface area (Å²) >= 11 is 14.2. The van der Waals surface area contributed by atoms with Crippen molar-refractivity contribution in [1.82, 2.24) is 9.80 Å². The van der Waals surface area contributed by atoms with Crippen LogP contribution in [-0.2, 0) is 6.61 Å². The molecule has 0 N–H and O–H groups in total. The Bertz CT molecular complexity index is 1030. The van der Waals surface area contributed by atoms with E-state index in [2.05, 4.69) is 55.1 Å². The second-order valence-corrected chi connectivity index (χ2v) is 10.7. The summed E-state index contributed by atoms with van der Waals surface area (Å²) in [5.41, 5.74) is 1.42. The lowest BCUT2D eigenvalue weighted by Gasteiger charge is -2.36. The molecule has 1 saturated heterocycles. The van der Waals surface area contributed by atoms with Gasteiger partial charge in [0.2, 0.25) is 0 Å². The molecule has 1 aliphatic heterocycles. The molecule has 1 unspecified atom stereocenters. The van der Waals surface area contributed by atoms with Crippen LogP contribution in [0.1, 0.15) is 36.1 Å². The van der Waals surface area contributed by atoms with Crippen LogP contribution < -0.4 is 4.74 Å². The van der Waals surface area contributed by atoms with Gasteiger partial charge in [-0.1, -0.05) is 48.3 Å². The largest absolute Gasteiger partial charge is 0.486 e. The number of ether oxygens (including phenoxy) is 1. The van der Waals surface area contributed by atoms with Crippen LogP contribution in [0.5, 0.6) is 5.75 Å². The second-order valence-electron chi connectivity index (χ2n) is 8.69. The second kappa shape index (κ2) is 10.1. The molecule has 4 rings (SSSR count). The topological polar surface area (TPSA) is 15.7 Å². The Morgan fingerprint density at radius 3 is 2.58 bits per heavy atom. The zero-order valence-electron chi connectivity index (χ0n) is 18.4. The maximum absolute atomic E-state index is 6.32. The van der Waals surface area contributed by atoms with Gasteiger partial charge in [0, 0.05) is 27.2 Å². The Kier molecular flexibility index (Phi) is 7.45. The van der Waals surface area contributed by atoms with Gasteiger partial charge in [0.15, 0.2) is 0 Å². The van der Waals surface area contributed by atoms with Gasteiger partial charge in [0.1, 0.15) is 12.4 Å². The summed E-state index contributed by atoms with van der Waals surface area (Å²) in [6.45, 7) is 6.28. The smallest absolute Gasteiger partial charge is 0.138 e. The van der Waals surface area contributed by atoms with Crippen LogP contribution in [0.15, 0.2) is 42.5 Å². The highest BCUT2D eigenvalue weighted by molar-refractivity contribution is 7.19. The van der Waals surface area contributed by atoms with E-state index in [1.54, 1.807) is 6.07 Å². The number of hydrogen-bond acceptors (Lipinski definition) is 4. The van der Waals surface area contributed by atoms with Crippen molar-refractivity contribution in [2.45, 2.75) is 38.3 Å². The van der Waals surface area contributed by atoms with Crippen LogP contribution >= 0.6 is 34.5 Å². The van der Waals surface area contributed by atoms with Crippen molar-refractivity contribution in [3.05, 3.63) is 63.0 Å². The summed E-state index contributed by atoms with van der Waals surface area (Å²) in [5, 5.41) is 2.52. The Hall–Kier alpha value is -1.30. The molecule has 1 atom stereocenters. The Balaban J connectivity index is 1.52. The van der Waals surface area contributed by atoms with E-state index in [9.17, 15) is 0 Å². The fourth-order valence-electron chi connectivity index (χ4n) is 4.60. The van der Waals surface area contributed by atoms with E-state index in [-0.39, 0.29) is 0 Å². The van der Waals surface area contributed by atoms with Gasteiger partial charge in [-0.2, -0.15) is 0 Å². The van der Waals surface area contributed by atoms with Crippen molar-refractivity contribution >= 4 is 44.6 Å². The molecule has 6 heteroatoms. The lowest BCUT2D eigenvalue weighted by molar-refractivity contribution is 0.140. The summed E-state index contributed by atoms with van der Waals surface area (Å²) in [5.74, 6) is 1.11. The van der Waals surface area contributed by atoms with Gasteiger partial charge in [-0.25, -0.2) is 0 Å². The maximum atomic E-state index is 6.32. The highest BCUT2D eigenvalue weighted by atomic mass is 35.5. The molecular formula is C25H30Cl2N2OS. The van der Waals surface area contributed by atoms with E-state index in [1.165, 1.54) is 46.5 Å². The Morgan fingerprint density at radius 1 is 1.13 bits per heavy atom. The predicted molar refractivity (Wildman–Crippen MR) is 134 cm³/mol. The molecule has 0 bridgehead atoms. The molecule has 1 fully saturated rings. The molecule has 1 aromatic heterocycles. The molecule has 0 radical (unpaired) electrons. The number of likely N-dealkylation sites (tertiary alicyclic amines) is 1. The van der Waals surface area contributed by atoms with Crippen molar-refractivity contribution in [3.63, 3.8) is 0 Å². The zero-order valence-corrected chi connectivity index (χ0v) is 20.7. The zero-order chi connectivity index (χ0) is 22.0. The van der Waals surface area contributed by atoms with Gasteiger partial charge >= 0.3 is 0 Å². The minimum Gasteiger partial charge on any atom is -0.486 e. The molecule has 0 spiro atoms. The van der Waals surface area contributed by atoms with Crippen molar-refractivity contribution < 1.29 is 4.74 Å². The minimum absolute atomic E-state index is 0.436. The van der Waals surface area contributed by atoms with Crippen molar-refractivity contribution in [2.75, 3.05) is 33.7 Å². The average Bonchev–Trinajstić information content (AvgIpc) is 3.12. The van der Waals surface area contributed by atoms with Gasteiger partial charge in [0.25, 0.3) is 0 Å². The third-order valence-electron chi connectivity index (χ3n) is 6.28. The molecule has 0 saturated carbocycles. The van der Waals surface area contributed by atoms with Crippen LogP contribution in [0.25, 0.3) is 10.1 Å². The highest BCUT2D eigenvalue weighted by Crippen LogP contribution is 2.38. The monoisotopic (exact) mass is 476 g/mol. The number of benzene rings is 2. The molecule has 31 heavy (non-hydrogen) atoms.